The van der Waals surface area contributed by atoms with E-state index in [1.54, 1.807) is 0 Å². The van der Waals surface area contributed by atoms with E-state index in [1.807, 2.05) is 0 Å². The van der Waals surface area contributed by atoms with Crippen molar-refractivity contribution in [3.63, 3.8) is 0 Å². The number of hydrogen-bond donors (Lipinski definition) is 1. The Hall–Kier alpha value is -1.16. The zero-order valence-corrected chi connectivity index (χ0v) is 18.5. The molecule has 0 saturated carbocycles. The lowest BCUT2D eigenvalue weighted by atomic mass is 10.2. The zero-order chi connectivity index (χ0) is 19.7. The van der Waals surface area contributed by atoms with Crippen molar-refractivity contribution in [2.75, 3.05) is 6.61 Å². The monoisotopic (exact) mass is 446 g/mol. The van der Waals surface area contributed by atoms with Crippen molar-refractivity contribution in [1.82, 2.24) is 9.55 Å². The summed E-state index contributed by atoms with van der Waals surface area (Å²) in [7, 11) is -2.03. The topological polar surface area (TPSA) is 82.5 Å². The summed E-state index contributed by atoms with van der Waals surface area (Å²) < 4.78 is 19.5. The number of ether oxygens (including phenoxy) is 2. The van der Waals surface area contributed by atoms with Crippen LogP contribution in [0.5, 0.6) is 0 Å². The summed E-state index contributed by atoms with van der Waals surface area (Å²) in [5, 5.41) is 0.0484. The molecule has 1 saturated heterocycles. The number of nitrogens with one attached hydrogen (secondary N) is 1. The van der Waals surface area contributed by atoms with Crippen LogP contribution in [0.25, 0.3) is 0 Å². The maximum Gasteiger partial charge on any atom is 0.330 e. The number of aromatic amines is 1. The second-order valence-corrected chi connectivity index (χ2v) is 13.5. The van der Waals surface area contributed by atoms with E-state index in [9.17, 15) is 9.59 Å². The Morgan fingerprint density at radius 1 is 1.46 bits per heavy atom. The fraction of sp³-hybridized carbons (Fsp3) is 0.647. The normalized spacial score (nSPS) is 23.8. The molecule has 0 unspecified atom stereocenters. The van der Waals surface area contributed by atoms with Gasteiger partial charge in [-0.2, -0.15) is 0 Å². The summed E-state index contributed by atoms with van der Waals surface area (Å²) in [4.78, 5) is 26.0. The van der Waals surface area contributed by atoms with Crippen LogP contribution in [0.2, 0.25) is 18.1 Å². The van der Waals surface area contributed by atoms with E-state index in [1.165, 1.54) is 17.0 Å². The van der Waals surface area contributed by atoms with Crippen LogP contribution in [0, 0.1) is 0 Å². The van der Waals surface area contributed by atoms with Crippen molar-refractivity contribution >= 4 is 24.2 Å². The number of aromatic nitrogens is 2. The molecule has 1 aromatic heterocycles. The van der Waals surface area contributed by atoms with Crippen LogP contribution in [0.15, 0.2) is 33.1 Å². The molecule has 0 bridgehead atoms. The molecular weight excluding hydrogens is 420 g/mol. The van der Waals surface area contributed by atoms with Crippen LogP contribution < -0.4 is 11.2 Å². The minimum absolute atomic E-state index is 0.0484. The molecule has 1 aromatic rings. The van der Waals surface area contributed by atoms with Crippen LogP contribution in [0.4, 0.5) is 0 Å². The van der Waals surface area contributed by atoms with Gasteiger partial charge in [0.05, 0.1) is 16.8 Å². The third kappa shape index (κ3) is 4.57. The molecule has 0 aliphatic carbocycles. The van der Waals surface area contributed by atoms with Crippen molar-refractivity contribution in [2.45, 2.75) is 63.8 Å². The maximum absolute atomic E-state index is 12.2. The molecule has 2 rings (SSSR count). The second kappa shape index (κ2) is 7.83. The van der Waals surface area contributed by atoms with Gasteiger partial charge in [-0.1, -0.05) is 27.4 Å². The zero-order valence-electron chi connectivity index (χ0n) is 15.9. The van der Waals surface area contributed by atoms with Gasteiger partial charge in [-0.05, 0) is 34.1 Å². The van der Waals surface area contributed by atoms with Crippen molar-refractivity contribution in [1.29, 1.82) is 0 Å². The number of nitrogens with zero attached hydrogens (tertiary/aromatic N) is 1. The standard InChI is InChI=1S/C17H27BrN2O5Si/c1-7-23-10-13-12(25-26(5,6)17(2,3)4)8-14(24-13)20-9-11(18)15(21)19-16(20)22/h7,9,12-14H,1,8,10H2,2-6H3,(H,19,21,22)/t12-,13+,14+/m0/s1. The lowest BCUT2D eigenvalue weighted by Gasteiger charge is -2.39. The smallest absolute Gasteiger partial charge is 0.330 e. The molecule has 1 fully saturated rings. The fourth-order valence-corrected chi connectivity index (χ4v) is 4.22. The van der Waals surface area contributed by atoms with E-state index < -0.39 is 25.8 Å². The van der Waals surface area contributed by atoms with Gasteiger partial charge in [-0.3, -0.25) is 14.3 Å². The largest absolute Gasteiger partial charge is 0.499 e. The molecule has 26 heavy (non-hydrogen) atoms. The first-order chi connectivity index (χ1) is 12.0. The van der Waals surface area contributed by atoms with Crippen molar-refractivity contribution in [3.8, 4) is 0 Å². The third-order valence-corrected chi connectivity index (χ3v) is 10.1. The van der Waals surface area contributed by atoms with Crippen LogP contribution in [-0.4, -0.2) is 36.7 Å². The molecule has 0 amide bonds. The number of hydrogen-bond acceptors (Lipinski definition) is 5. The Morgan fingerprint density at radius 2 is 2.12 bits per heavy atom. The van der Waals surface area contributed by atoms with E-state index in [0.717, 1.165) is 0 Å². The Morgan fingerprint density at radius 3 is 2.69 bits per heavy atom. The van der Waals surface area contributed by atoms with E-state index in [4.69, 9.17) is 13.9 Å². The van der Waals surface area contributed by atoms with Crippen molar-refractivity contribution in [3.05, 3.63) is 44.3 Å². The molecule has 0 radical (unpaired) electrons. The molecule has 1 aliphatic heterocycles. The Balaban J connectivity index is 2.28. The predicted molar refractivity (Wildman–Crippen MR) is 106 cm³/mol. The summed E-state index contributed by atoms with van der Waals surface area (Å²) >= 11 is 3.15. The Kier molecular flexibility index (Phi) is 6.37. The molecular formula is C17H27BrN2O5Si. The summed E-state index contributed by atoms with van der Waals surface area (Å²) in [5.74, 6) is 0. The molecule has 7 nitrogen and oxygen atoms in total. The minimum atomic E-state index is -2.03. The quantitative estimate of drug-likeness (QED) is 0.535. The lowest BCUT2D eigenvalue weighted by Crippen LogP contribution is -2.46. The van der Waals surface area contributed by atoms with Crippen molar-refractivity contribution < 1.29 is 13.9 Å². The van der Waals surface area contributed by atoms with Gasteiger partial charge >= 0.3 is 5.69 Å². The summed E-state index contributed by atoms with van der Waals surface area (Å²) in [6.07, 6.45) is 2.23. The first kappa shape index (κ1) is 21.1. The third-order valence-electron chi connectivity index (χ3n) is 5.05. The van der Waals surface area contributed by atoms with Crippen LogP contribution in [0.1, 0.15) is 33.4 Å². The van der Waals surface area contributed by atoms with E-state index in [0.29, 0.717) is 13.0 Å². The van der Waals surface area contributed by atoms with Gasteiger partial charge in [-0.25, -0.2) is 4.79 Å². The highest BCUT2D eigenvalue weighted by Crippen LogP contribution is 2.41. The molecule has 9 heteroatoms. The van der Waals surface area contributed by atoms with Gasteiger partial charge < -0.3 is 13.9 Å². The van der Waals surface area contributed by atoms with E-state index in [-0.39, 0.29) is 21.7 Å². The minimum Gasteiger partial charge on any atom is -0.499 e. The average Bonchev–Trinajstić information content (AvgIpc) is 2.89. The van der Waals surface area contributed by atoms with Gasteiger partial charge in [0.15, 0.2) is 8.32 Å². The van der Waals surface area contributed by atoms with Crippen LogP contribution in [-0.2, 0) is 13.9 Å². The van der Waals surface area contributed by atoms with Gasteiger partial charge in [0.25, 0.3) is 5.56 Å². The van der Waals surface area contributed by atoms with Gasteiger partial charge in [0.2, 0.25) is 0 Å². The summed E-state index contributed by atoms with van der Waals surface area (Å²) in [6.45, 7) is 14.7. The summed E-state index contributed by atoms with van der Waals surface area (Å²) in [5.41, 5.74) is -0.982. The Bertz CT molecular complexity index is 768. The molecule has 3 atom stereocenters. The number of H-pyrrole nitrogens is 1. The first-order valence-corrected chi connectivity index (χ1v) is 12.2. The van der Waals surface area contributed by atoms with E-state index >= 15 is 0 Å². The molecule has 0 aromatic carbocycles. The van der Waals surface area contributed by atoms with E-state index in [2.05, 4.69) is 61.4 Å². The number of halogens is 1. The van der Waals surface area contributed by atoms with Crippen LogP contribution >= 0.6 is 15.9 Å². The number of rotatable bonds is 6. The van der Waals surface area contributed by atoms with Gasteiger partial charge in [0, 0.05) is 12.6 Å². The highest BCUT2D eigenvalue weighted by molar-refractivity contribution is 9.10. The fourth-order valence-electron chi connectivity index (χ4n) is 2.54. The van der Waals surface area contributed by atoms with Gasteiger partial charge in [0.1, 0.15) is 18.9 Å². The molecule has 2 heterocycles. The molecule has 1 N–H and O–H groups in total. The highest BCUT2D eigenvalue weighted by atomic mass is 79.9. The van der Waals surface area contributed by atoms with Crippen molar-refractivity contribution in [2.24, 2.45) is 0 Å². The second-order valence-electron chi connectivity index (χ2n) is 7.93. The van der Waals surface area contributed by atoms with Crippen LogP contribution in [0.3, 0.4) is 0 Å². The summed E-state index contributed by atoms with van der Waals surface area (Å²) in [6, 6.07) is 0. The average molecular weight is 447 g/mol. The van der Waals surface area contributed by atoms with Gasteiger partial charge in [-0.15, -0.1) is 0 Å². The molecule has 1 aliphatic rings. The molecule has 146 valence electrons. The lowest BCUT2D eigenvalue weighted by molar-refractivity contribution is -0.0464. The highest BCUT2D eigenvalue weighted by Gasteiger charge is 2.45. The predicted octanol–water partition coefficient (Wildman–Crippen LogP) is 3.14. The maximum atomic E-state index is 12.2. The molecule has 0 spiro atoms. The Labute approximate surface area is 162 Å². The SMILES string of the molecule is C=COC[C@H]1O[C@@H](n2cc(Br)c(=O)[nH]c2=O)C[C@@H]1O[Si](C)(C)C(C)(C)C. The first-order valence-electron chi connectivity index (χ1n) is 8.53.